The first-order valence-electron chi connectivity index (χ1n) is 7.09. The third kappa shape index (κ3) is 4.00. The Balaban J connectivity index is 2.10. The summed E-state index contributed by atoms with van der Waals surface area (Å²) in [5, 5.41) is 24.4. The summed E-state index contributed by atoms with van der Waals surface area (Å²) in [6.07, 6.45) is 0.222. The molecule has 4 N–H and O–H groups in total. The molecule has 6 nitrogen and oxygen atoms in total. The van der Waals surface area contributed by atoms with Crippen LogP contribution >= 0.6 is 0 Å². The molecule has 2 amide bonds. The number of phenolic OH excluding ortho intramolecular Hbond substituents is 2. The van der Waals surface area contributed by atoms with Gasteiger partial charge in [0.05, 0.1) is 12.0 Å². The van der Waals surface area contributed by atoms with E-state index in [-0.39, 0.29) is 30.2 Å². The maximum absolute atomic E-state index is 12.1. The number of nitrogens with one attached hydrogen (secondary N) is 2. The van der Waals surface area contributed by atoms with Crippen LogP contribution in [0.15, 0.2) is 42.5 Å². The molecule has 2 rings (SSSR count). The van der Waals surface area contributed by atoms with Crippen molar-refractivity contribution >= 4 is 11.8 Å². The second-order valence-corrected chi connectivity index (χ2v) is 4.97. The van der Waals surface area contributed by atoms with Crippen molar-refractivity contribution in [2.24, 2.45) is 0 Å². The van der Waals surface area contributed by atoms with E-state index in [4.69, 9.17) is 0 Å². The van der Waals surface area contributed by atoms with Crippen molar-refractivity contribution in [3.05, 3.63) is 59.2 Å². The zero-order valence-corrected chi connectivity index (χ0v) is 12.7. The first kappa shape index (κ1) is 16.4. The Morgan fingerprint density at radius 3 is 2.39 bits per heavy atom. The van der Waals surface area contributed by atoms with Gasteiger partial charge in [0, 0.05) is 13.6 Å². The molecule has 0 unspecified atom stereocenters. The quantitative estimate of drug-likeness (QED) is 0.626. The topological polar surface area (TPSA) is 98.7 Å². The summed E-state index contributed by atoms with van der Waals surface area (Å²) in [5.74, 6) is -1.43. The van der Waals surface area contributed by atoms with Crippen molar-refractivity contribution < 1.29 is 19.8 Å². The summed E-state index contributed by atoms with van der Waals surface area (Å²) in [4.78, 5) is 23.6. The molecule has 0 atom stereocenters. The van der Waals surface area contributed by atoms with Gasteiger partial charge in [-0.2, -0.15) is 0 Å². The van der Waals surface area contributed by atoms with Crippen molar-refractivity contribution in [1.82, 2.24) is 10.6 Å². The Hall–Kier alpha value is -3.02. The van der Waals surface area contributed by atoms with E-state index >= 15 is 0 Å². The molecule has 0 bridgehead atoms. The van der Waals surface area contributed by atoms with Crippen molar-refractivity contribution in [2.75, 3.05) is 7.05 Å². The first-order valence-corrected chi connectivity index (χ1v) is 7.09. The van der Waals surface area contributed by atoms with Crippen LogP contribution in [0.4, 0.5) is 0 Å². The van der Waals surface area contributed by atoms with Gasteiger partial charge in [-0.25, -0.2) is 0 Å². The van der Waals surface area contributed by atoms with Gasteiger partial charge in [-0.15, -0.1) is 0 Å². The Bertz CT molecular complexity index is 728. The van der Waals surface area contributed by atoms with Crippen LogP contribution in [0.25, 0.3) is 0 Å². The number of amides is 2. The van der Waals surface area contributed by atoms with Gasteiger partial charge < -0.3 is 20.8 Å². The number of rotatable bonds is 5. The molecular formula is C17H18N2O4. The van der Waals surface area contributed by atoms with Gasteiger partial charge >= 0.3 is 0 Å². The standard InChI is InChI=1S/C17H18N2O4/c1-18-15(21)9-11-5-2-3-6-12(11)10-19-17(23)13-7-4-8-14(20)16(13)22/h2-8,20,22H,9-10H2,1H3,(H,18,21)(H,19,23). The van der Waals surface area contributed by atoms with Crippen molar-refractivity contribution in [3.8, 4) is 11.5 Å². The summed E-state index contributed by atoms with van der Waals surface area (Å²) in [5.41, 5.74) is 1.62. The Kier molecular flexibility index (Phi) is 5.19. The minimum Gasteiger partial charge on any atom is -0.504 e. The molecule has 120 valence electrons. The Morgan fingerprint density at radius 2 is 1.70 bits per heavy atom. The molecule has 2 aromatic rings. The molecule has 2 aromatic carbocycles. The summed E-state index contributed by atoms with van der Waals surface area (Å²) in [6.45, 7) is 0.209. The van der Waals surface area contributed by atoms with Crippen LogP contribution in [0.2, 0.25) is 0 Å². The van der Waals surface area contributed by atoms with Gasteiger partial charge in [0.25, 0.3) is 5.91 Å². The second-order valence-electron chi connectivity index (χ2n) is 4.97. The van der Waals surface area contributed by atoms with Crippen LogP contribution in [-0.2, 0) is 17.8 Å². The molecule has 0 saturated heterocycles. The molecule has 0 fully saturated rings. The van der Waals surface area contributed by atoms with E-state index in [1.54, 1.807) is 7.05 Å². The average molecular weight is 314 g/mol. The number of benzene rings is 2. The highest BCUT2D eigenvalue weighted by Crippen LogP contribution is 2.28. The maximum Gasteiger partial charge on any atom is 0.255 e. The summed E-state index contributed by atoms with van der Waals surface area (Å²) in [7, 11) is 1.57. The highest BCUT2D eigenvalue weighted by molar-refractivity contribution is 5.97. The highest BCUT2D eigenvalue weighted by atomic mass is 16.3. The van der Waals surface area contributed by atoms with E-state index in [1.807, 2.05) is 24.3 Å². The Morgan fingerprint density at radius 1 is 1.00 bits per heavy atom. The van der Waals surface area contributed by atoms with Crippen LogP contribution in [0, 0.1) is 0 Å². The summed E-state index contributed by atoms with van der Waals surface area (Å²) in [6, 6.07) is 11.5. The minimum absolute atomic E-state index is 0.00576. The fraction of sp³-hybridized carbons (Fsp3) is 0.176. The highest BCUT2D eigenvalue weighted by Gasteiger charge is 2.14. The van der Waals surface area contributed by atoms with Gasteiger partial charge in [-0.3, -0.25) is 9.59 Å². The van der Waals surface area contributed by atoms with Crippen LogP contribution in [0.3, 0.4) is 0 Å². The van der Waals surface area contributed by atoms with Crippen LogP contribution in [0.5, 0.6) is 11.5 Å². The molecular weight excluding hydrogens is 296 g/mol. The number of carbonyl (C=O) groups is 2. The minimum atomic E-state index is -0.506. The molecule has 6 heteroatoms. The SMILES string of the molecule is CNC(=O)Cc1ccccc1CNC(=O)c1cccc(O)c1O. The van der Waals surface area contributed by atoms with Crippen LogP contribution in [-0.4, -0.2) is 29.1 Å². The number of hydrogen-bond acceptors (Lipinski definition) is 4. The zero-order valence-electron chi connectivity index (χ0n) is 12.7. The smallest absolute Gasteiger partial charge is 0.255 e. The molecule has 0 spiro atoms. The molecule has 0 aromatic heterocycles. The van der Waals surface area contributed by atoms with Crippen molar-refractivity contribution in [1.29, 1.82) is 0 Å². The zero-order chi connectivity index (χ0) is 16.8. The fourth-order valence-corrected chi connectivity index (χ4v) is 2.15. The molecule has 0 aliphatic rings. The largest absolute Gasteiger partial charge is 0.504 e. The average Bonchev–Trinajstić information content (AvgIpc) is 2.56. The van der Waals surface area contributed by atoms with Crippen LogP contribution < -0.4 is 10.6 Å². The molecule has 0 radical (unpaired) electrons. The number of hydrogen-bond donors (Lipinski definition) is 4. The van der Waals surface area contributed by atoms with E-state index in [0.29, 0.717) is 0 Å². The monoisotopic (exact) mass is 314 g/mol. The number of likely N-dealkylation sites (N-methyl/N-ethyl adjacent to an activating group) is 1. The lowest BCUT2D eigenvalue weighted by atomic mass is 10.0. The predicted octanol–water partition coefficient (Wildman–Crippen LogP) is 1.32. The van der Waals surface area contributed by atoms with E-state index in [0.717, 1.165) is 11.1 Å². The van der Waals surface area contributed by atoms with Gasteiger partial charge in [0.15, 0.2) is 11.5 Å². The van der Waals surface area contributed by atoms with Gasteiger partial charge in [-0.1, -0.05) is 30.3 Å². The number of phenols is 2. The number of para-hydroxylation sites is 1. The maximum atomic E-state index is 12.1. The van der Waals surface area contributed by atoms with Gasteiger partial charge in [0.2, 0.25) is 5.91 Å². The normalized spacial score (nSPS) is 10.1. The fourth-order valence-electron chi connectivity index (χ4n) is 2.15. The second kappa shape index (κ2) is 7.31. The molecule has 0 aliphatic heterocycles. The van der Waals surface area contributed by atoms with Crippen molar-refractivity contribution in [2.45, 2.75) is 13.0 Å². The van der Waals surface area contributed by atoms with Crippen molar-refractivity contribution in [3.63, 3.8) is 0 Å². The molecule has 23 heavy (non-hydrogen) atoms. The van der Waals surface area contributed by atoms with E-state index < -0.39 is 11.7 Å². The number of carbonyl (C=O) groups excluding carboxylic acids is 2. The lowest BCUT2D eigenvalue weighted by molar-refractivity contribution is -0.119. The first-order chi connectivity index (χ1) is 11.0. The third-order valence-corrected chi connectivity index (χ3v) is 3.45. The van der Waals surface area contributed by atoms with E-state index in [2.05, 4.69) is 10.6 Å². The number of aromatic hydroxyl groups is 2. The molecule has 0 aliphatic carbocycles. The van der Waals surface area contributed by atoms with Crippen LogP contribution in [0.1, 0.15) is 21.5 Å². The summed E-state index contributed by atoms with van der Waals surface area (Å²) < 4.78 is 0. The van der Waals surface area contributed by atoms with E-state index in [1.165, 1.54) is 18.2 Å². The van der Waals surface area contributed by atoms with Gasteiger partial charge in [-0.05, 0) is 23.3 Å². The lowest BCUT2D eigenvalue weighted by Crippen LogP contribution is -2.25. The summed E-state index contributed by atoms with van der Waals surface area (Å²) >= 11 is 0. The molecule has 0 heterocycles. The van der Waals surface area contributed by atoms with E-state index in [9.17, 15) is 19.8 Å². The lowest BCUT2D eigenvalue weighted by Gasteiger charge is -2.11. The Labute approximate surface area is 133 Å². The third-order valence-electron chi connectivity index (χ3n) is 3.45. The predicted molar refractivity (Wildman–Crippen MR) is 85.2 cm³/mol. The molecule has 0 saturated carbocycles. The van der Waals surface area contributed by atoms with Gasteiger partial charge in [0.1, 0.15) is 0 Å².